The zero-order valence-corrected chi connectivity index (χ0v) is 18.1. The van der Waals surface area contributed by atoms with Crippen LogP contribution in [0.2, 0.25) is 0 Å². The van der Waals surface area contributed by atoms with Crippen molar-refractivity contribution in [3.05, 3.63) is 25.3 Å². The number of hydrogen-bond donors (Lipinski definition) is 2. The maximum absolute atomic E-state index is 11.8. The Balaban J connectivity index is 0. The van der Waals surface area contributed by atoms with Gasteiger partial charge in [-0.05, 0) is 38.5 Å². The third kappa shape index (κ3) is 24.4. The number of carbonyl (C=O) groups excluding carboxylic acids is 2. The van der Waals surface area contributed by atoms with Crippen LogP contribution in [0.4, 0.5) is 0 Å². The number of amides is 2. The van der Waals surface area contributed by atoms with Crippen molar-refractivity contribution in [3.8, 4) is 0 Å². The molecule has 0 radical (unpaired) electrons. The molecule has 29 heavy (non-hydrogen) atoms. The van der Waals surface area contributed by atoms with E-state index in [1.165, 1.54) is 51.4 Å². The normalized spacial score (nSPS) is 10.1. The summed E-state index contributed by atoms with van der Waals surface area (Å²) in [6.45, 7) is 8.50. The Morgan fingerprint density at radius 3 is 1.21 bits per heavy atom. The fourth-order valence-electron chi connectivity index (χ4n) is 3.14. The zero-order valence-electron chi connectivity index (χ0n) is 18.1. The molecule has 2 amide bonds. The summed E-state index contributed by atoms with van der Waals surface area (Å²) in [5.41, 5.74) is 0. The van der Waals surface area contributed by atoms with E-state index >= 15 is 0 Å². The smallest absolute Gasteiger partial charge is 0.220 e. The van der Waals surface area contributed by atoms with Gasteiger partial charge in [-0.2, -0.15) is 0 Å². The molecule has 4 nitrogen and oxygen atoms in total. The van der Waals surface area contributed by atoms with Crippen molar-refractivity contribution in [2.45, 2.75) is 110 Å². The molecule has 0 unspecified atom stereocenters. The molecule has 0 aromatic heterocycles. The summed E-state index contributed by atoms with van der Waals surface area (Å²) in [5.74, 6) is 0.190. The molecule has 0 heterocycles. The Bertz CT molecular complexity index is 370. The predicted octanol–water partition coefficient (Wildman–Crippen LogP) is 6.47. The van der Waals surface area contributed by atoms with Crippen LogP contribution < -0.4 is 10.6 Å². The van der Waals surface area contributed by atoms with Crippen LogP contribution in [0, 0.1) is 0 Å². The molecule has 0 aliphatic rings. The summed E-state index contributed by atoms with van der Waals surface area (Å²) in [4.78, 5) is 23.5. The van der Waals surface area contributed by atoms with Gasteiger partial charge in [0.25, 0.3) is 0 Å². The lowest BCUT2D eigenvalue weighted by atomic mass is 10.1. The van der Waals surface area contributed by atoms with Crippen LogP contribution in [0.3, 0.4) is 0 Å². The van der Waals surface area contributed by atoms with E-state index in [9.17, 15) is 9.59 Å². The first-order chi connectivity index (χ1) is 13.7. The van der Waals surface area contributed by atoms with Crippen molar-refractivity contribution in [3.63, 3.8) is 0 Å². The molecule has 0 aliphatic heterocycles. The van der Waals surface area contributed by atoms with Gasteiger partial charge in [0.2, 0.25) is 11.8 Å². The van der Waals surface area contributed by atoms with Crippen LogP contribution in [0.25, 0.3) is 0 Å². The van der Waals surface area contributed by atoms with Crippen LogP contribution in [0.1, 0.15) is 110 Å². The highest BCUT2D eigenvalue weighted by atomic mass is 16.2. The Kier molecular flexibility index (Phi) is 25.0. The molecule has 4 heteroatoms. The van der Waals surface area contributed by atoms with Gasteiger partial charge < -0.3 is 10.6 Å². The molecule has 0 spiro atoms. The second-order valence-electron chi connectivity index (χ2n) is 7.60. The Morgan fingerprint density at radius 1 is 0.552 bits per heavy atom. The van der Waals surface area contributed by atoms with Crippen molar-refractivity contribution in [1.82, 2.24) is 10.6 Å². The average Bonchev–Trinajstić information content (AvgIpc) is 2.69. The maximum atomic E-state index is 11.8. The highest BCUT2D eigenvalue weighted by molar-refractivity contribution is 5.77. The minimum Gasteiger partial charge on any atom is -0.354 e. The SMILES string of the molecule is C.C=CCCCCCCCCC(=O)NCCNC(=O)CCCCCCCCC=C. The van der Waals surface area contributed by atoms with Crippen LogP contribution in [0.5, 0.6) is 0 Å². The molecule has 0 saturated heterocycles. The quantitative estimate of drug-likeness (QED) is 0.169. The second kappa shape index (κ2) is 24.5. The topological polar surface area (TPSA) is 58.2 Å². The Morgan fingerprint density at radius 2 is 0.862 bits per heavy atom. The van der Waals surface area contributed by atoms with Crippen molar-refractivity contribution in [2.24, 2.45) is 0 Å². The number of hydrogen-bond acceptors (Lipinski definition) is 2. The van der Waals surface area contributed by atoms with Gasteiger partial charge in [0, 0.05) is 25.9 Å². The monoisotopic (exact) mass is 408 g/mol. The first-order valence-corrected chi connectivity index (χ1v) is 11.5. The molecular formula is C25H48N2O2. The molecule has 0 saturated carbocycles. The van der Waals surface area contributed by atoms with E-state index in [0.717, 1.165) is 38.5 Å². The highest BCUT2D eigenvalue weighted by Crippen LogP contribution is 2.09. The minimum atomic E-state index is 0. The van der Waals surface area contributed by atoms with Gasteiger partial charge in [-0.1, -0.05) is 70.9 Å². The average molecular weight is 409 g/mol. The Hall–Kier alpha value is -1.58. The van der Waals surface area contributed by atoms with E-state index in [-0.39, 0.29) is 19.2 Å². The van der Waals surface area contributed by atoms with Crippen LogP contribution in [0.15, 0.2) is 25.3 Å². The fourth-order valence-corrected chi connectivity index (χ4v) is 3.14. The lowest BCUT2D eigenvalue weighted by molar-refractivity contribution is -0.123. The van der Waals surface area contributed by atoms with Crippen LogP contribution in [-0.2, 0) is 9.59 Å². The first kappa shape index (κ1) is 29.6. The minimum absolute atomic E-state index is 0. The molecule has 0 bridgehead atoms. The summed E-state index contributed by atoms with van der Waals surface area (Å²) in [6.07, 6.45) is 21.4. The van der Waals surface area contributed by atoms with Crippen molar-refractivity contribution < 1.29 is 9.59 Å². The molecule has 2 N–H and O–H groups in total. The maximum Gasteiger partial charge on any atom is 0.220 e. The van der Waals surface area contributed by atoms with E-state index in [0.29, 0.717) is 25.9 Å². The van der Waals surface area contributed by atoms with Gasteiger partial charge in [0.05, 0.1) is 0 Å². The number of allylic oxidation sites excluding steroid dienone is 2. The van der Waals surface area contributed by atoms with E-state index in [1.807, 2.05) is 12.2 Å². The summed E-state index contributed by atoms with van der Waals surface area (Å²) in [6, 6.07) is 0. The number of nitrogens with one attached hydrogen (secondary N) is 2. The molecule has 0 aromatic carbocycles. The number of unbranched alkanes of at least 4 members (excludes halogenated alkanes) is 12. The summed E-state index contributed by atoms with van der Waals surface area (Å²) in [5, 5.41) is 5.77. The molecule has 0 atom stereocenters. The Labute approximate surface area is 181 Å². The van der Waals surface area contributed by atoms with Gasteiger partial charge in [-0.3, -0.25) is 9.59 Å². The lowest BCUT2D eigenvalue weighted by Crippen LogP contribution is -2.34. The fraction of sp³-hybridized carbons (Fsp3) is 0.760. The molecule has 170 valence electrons. The van der Waals surface area contributed by atoms with Gasteiger partial charge in [-0.25, -0.2) is 0 Å². The summed E-state index contributed by atoms with van der Waals surface area (Å²) < 4.78 is 0. The molecular weight excluding hydrogens is 360 g/mol. The van der Waals surface area contributed by atoms with Gasteiger partial charge in [0.15, 0.2) is 0 Å². The number of carbonyl (C=O) groups is 2. The van der Waals surface area contributed by atoms with E-state index in [4.69, 9.17) is 0 Å². The zero-order chi connectivity index (χ0) is 20.7. The molecule has 0 aromatic rings. The van der Waals surface area contributed by atoms with E-state index in [2.05, 4.69) is 23.8 Å². The van der Waals surface area contributed by atoms with Crippen LogP contribution in [-0.4, -0.2) is 24.9 Å². The number of rotatable bonds is 21. The molecule has 0 rings (SSSR count). The standard InChI is InChI=1S/C24H44N2O2.CH4/c1-3-5-7-9-11-13-15-17-19-23(27)25-21-22-26-24(28)20-18-16-14-12-10-8-6-4-2;/h3-4H,1-2,5-22H2,(H,25,27)(H,26,28);1H4. The van der Waals surface area contributed by atoms with Gasteiger partial charge >= 0.3 is 0 Å². The summed E-state index contributed by atoms with van der Waals surface area (Å²) >= 11 is 0. The molecule has 0 aliphatic carbocycles. The lowest BCUT2D eigenvalue weighted by Gasteiger charge is -2.07. The predicted molar refractivity (Wildman–Crippen MR) is 127 cm³/mol. The van der Waals surface area contributed by atoms with E-state index in [1.54, 1.807) is 0 Å². The third-order valence-electron chi connectivity index (χ3n) is 4.89. The largest absolute Gasteiger partial charge is 0.354 e. The van der Waals surface area contributed by atoms with E-state index < -0.39 is 0 Å². The van der Waals surface area contributed by atoms with Crippen LogP contribution >= 0.6 is 0 Å². The first-order valence-electron chi connectivity index (χ1n) is 11.5. The highest BCUT2D eigenvalue weighted by Gasteiger charge is 2.03. The van der Waals surface area contributed by atoms with Crippen molar-refractivity contribution in [2.75, 3.05) is 13.1 Å². The summed E-state index contributed by atoms with van der Waals surface area (Å²) in [7, 11) is 0. The van der Waals surface area contributed by atoms with Crippen molar-refractivity contribution >= 4 is 11.8 Å². The van der Waals surface area contributed by atoms with Gasteiger partial charge in [0.1, 0.15) is 0 Å². The third-order valence-corrected chi connectivity index (χ3v) is 4.89. The van der Waals surface area contributed by atoms with Gasteiger partial charge in [-0.15, -0.1) is 13.2 Å². The molecule has 0 fully saturated rings. The second-order valence-corrected chi connectivity index (χ2v) is 7.60. The van der Waals surface area contributed by atoms with Crippen molar-refractivity contribution in [1.29, 1.82) is 0 Å².